The maximum absolute atomic E-state index is 13.2. The monoisotopic (exact) mass is 1560 g/mol. The molecule has 19 heteroatoms. The molecule has 3 unspecified atom stereocenters. The summed E-state index contributed by atoms with van der Waals surface area (Å²) in [6, 6.07) is 0. The highest BCUT2D eigenvalue weighted by Gasteiger charge is 2.31. The van der Waals surface area contributed by atoms with E-state index in [2.05, 4.69) is 41.5 Å². The van der Waals surface area contributed by atoms with E-state index < -0.39 is 97.5 Å². The summed E-state index contributed by atoms with van der Waals surface area (Å²) in [5.41, 5.74) is 0. The van der Waals surface area contributed by atoms with Gasteiger partial charge in [-0.3, -0.25) is 37.3 Å². The van der Waals surface area contributed by atoms with Gasteiger partial charge in [0.1, 0.15) is 19.3 Å². The number of unbranched alkanes of at least 4 members (excludes halogenated alkanes) is 56. The molecule has 0 spiro atoms. The van der Waals surface area contributed by atoms with E-state index in [9.17, 15) is 43.2 Å². The van der Waals surface area contributed by atoms with E-state index in [1.54, 1.807) is 0 Å². The van der Waals surface area contributed by atoms with Gasteiger partial charge in [0, 0.05) is 25.7 Å². The molecule has 636 valence electrons. The van der Waals surface area contributed by atoms with Crippen molar-refractivity contribution in [1.29, 1.82) is 0 Å². The van der Waals surface area contributed by atoms with Crippen LogP contribution in [0.15, 0.2) is 0 Å². The van der Waals surface area contributed by atoms with E-state index >= 15 is 0 Å². The Morgan fingerprint density at radius 1 is 0.271 bits per heavy atom. The number of carbonyl (C=O) groups excluding carboxylic acids is 4. The van der Waals surface area contributed by atoms with Crippen molar-refractivity contribution < 1.29 is 80.2 Å². The molecule has 0 aromatic heterocycles. The van der Waals surface area contributed by atoms with Gasteiger partial charge in [-0.1, -0.05) is 420 Å². The lowest BCUT2D eigenvalue weighted by Gasteiger charge is -2.21. The molecule has 0 radical (unpaired) electrons. The zero-order valence-electron chi connectivity index (χ0n) is 70.5. The average Bonchev–Trinajstić information content (AvgIpc) is 0.906. The predicted octanol–water partition coefficient (Wildman–Crippen LogP) is 27.0. The lowest BCUT2D eigenvalue weighted by molar-refractivity contribution is -0.161. The van der Waals surface area contributed by atoms with Crippen molar-refractivity contribution in [3.05, 3.63) is 0 Å². The van der Waals surface area contributed by atoms with E-state index in [4.69, 9.17) is 37.0 Å². The Morgan fingerprint density at radius 2 is 0.477 bits per heavy atom. The number of ether oxygens (including phenoxy) is 4. The molecule has 0 aliphatic heterocycles. The van der Waals surface area contributed by atoms with E-state index in [0.717, 1.165) is 102 Å². The van der Waals surface area contributed by atoms with Gasteiger partial charge >= 0.3 is 39.5 Å². The van der Waals surface area contributed by atoms with Crippen LogP contribution in [0.1, 0.15) is 472 Å². The van der Waals surface area contributed by atoms with Gasteiger partial charge in [0.2, 0.25) is 0 Å². The molecule has 0 aliphatic carbocycles. The fraction of sp³-hybridized carbons (Fsp3) is 0.955. The minimum atomic E-state index is -4.97. The van der Waals surface area contributed by atoms with Crippen molar-refractivity contribution in [1.82, 2.24) is 0 Å². The highest BCUT2D eigenvalue weighted by Crippen LogP contribution is 2.45. The molecule has 0 aromatic rings. The van der Waals surface area contributed by atoms with E-state index in [1.165, 1.54) is 289 Å². The molecule has 0 amide bonds. The van der Waals surface area contributed by atoms with E-state index in [0.29, 0.717) is 25.7 Å². The van der Waals surface area contributed by atoms with Crippen LogP contribution in [0.4, 0.5) is 0 Å². The van der Waals surface area contributed by atoms with Crippen molar-refractivity contribution in [2.45, 2.75) is 490 Å². The summed E-state index contributed by atoms with van der Waals surface area (Å²) in [5.74, 6) is -0.523. The van der Waals surface area contributed by atoms with Crippen molar-refractivity contribution in [3.8, 4) is 0 Å². The molecule has 107 heavy (non-hydrogen) atoms. The van der Waals surface area contributed by atoms with Crippen LogP contribution in [-0.2, 0) is 65.4 Å². The van der Waals surface area contributed by atoms with Crippen LogP contribution < -0.4 is 0 Å². The number of aliphatic hydroxyl groups is 1. The number of hydrogen-bond acceptors (Lipinski definition) is 15. The van der Waals surface area contributed by atoms with Gasteiger partial charge in [-0.25, -0.2) is 9.13 Å². The average molecular weight is 1560 g/mol. The van der Waals surface area contributed by atoms with Crippen LogP contribution in [0.5, 0.6) is 0 Å². The van der Waals surface area contributed by atoms with Crippen LogP contribution >= 0.6 is 15.6 Å². The second kappa shape index (κ2) is 79.3. The first-order valence-electron chi connectivity index (χ1n) is 45.5. The Bertz CT molecular complexity index is 2050. The molecular formula is C88H172O17P2. The Morgan fingerprint density at radius 3 is 0.710 bits per heavy atom. The number of phosphoric acid groups is 2. The molecular weight excluding hydrogens is 1390 g/mol. The lowest BCUT2D eigenvalue weighted by atomic mass is 9.99. The Hall–Kier alpha value is -1.94. The molecule has 0 rings (SSSR count). The second-order valence-electron chi connectivity index (χ2n) is 32.4. The maximum Gasteiger partial charge on any atom is 0.472 e. The molecule has 0 aromatic carbocycles. The van der Waals surface area contributed by atoms with Gasteiger partial charge in [-0.15, -0.1) is 0 Å². The fourth-order valence-electron chi connectivity index (χ4n) is 13.7. The van der Waals surface area contributed by atoms with Crippen LogP contribution in [0.2, 0.25) is 0 Å². The molecule has 0 fully saturated rings. The molecule has 0 heterocycles. The minimum absolute atomic E-state index is 0.108. The standard InChI is InChI=1S/C88H172O17P2/c1-7-10-12-14-16-18-20-22-24-26-28-29-31-33-39-43-47-55-61-67-72-87(92)104-83(76-98-85(90)70-64-58-52-45-41-37-35-34-36-40-44-51-57-63-69-81(6)9-3)78-102-106(94,95)100-74-82(89)75-101-107(96,97)103-79-84(77-99-86(91)71-65-59-53-49-48-50-56-62-68-80(4)5)105-88(93)73-66-60-54-46-42-38-32-30-27-25-23-21-19-17-15-13-11-8-2/h80-84,89H,7-79H2,1-6H3,(H,94,95)(H,96,97)/t81?,82-,83-,84-/m1/s1. The van der Waals surface area contributed by atoms with Gasteiger partial charge in [0.25, 0.3) is 0 Å². The Labute approximate surface area is 658 Å². The topological polar surface area (TPSA) is 237 Å². The number of hydrogen-bond donors (Lipinski definition) is 3. The number of rotatable bonds is 87. The Kier molecular flexibility index (Phi) is 77.9. The molecule has 17 nitrogen and oxygen atoms in total. The van der Waals surface area contributed by atoms with Gasteiger partial charge in [-0.05, 0) is 37.5 Å². The largest absolute Gasteiger partial charge is 0.472 e. The molecule has 3 N–H and O–H groups in total. The van der Waals surface area contributed by atoms with E-state index in [-0.39, 0.29) is 25.7 Å². The third kappa shape index (κ3) is 80.5. The highest BCUT2D eigenvalue weighted by atomic mass is 31.2. The normalized spacial score (nSPS) is 14.0. The summed E-state index contributed by atoms with van der Waals surface area (Å²) in [6.07, 6.45) is 72.2. The van der Waals surface area contributed by atoms with Crippen LogP contribution in [-0.4, -0.2) is 96.7 Å². The number of esters is 4. The SMILES string of the molecule is CCCCCCCCCCCCCCCCCCCCCCC(=O)O[C@H](COC(=O)CCCCCCCCCCCCCCCCC(C)CC)COP(=O)(O)OC[C@@H](O)COP(=O)(O)OC[C@@H](COC(=O)CCCCCCCCCCC(C)C)OC(=O)CCCCCCCCCCCCCCCCCCCC. The van der Waals surface area contributed by atoms with Crippen molar-refractivity contribution in [2.75, 3.05) is 39.6 Å². The lowest BCUT2D eigenvalue weighted by Crippen LogP contribution is -2.30. The molecule has 6 atom stereocenters. The smallest absolute Gasteiger partial charge is 0.462 e. The fourth-order valence-corrected chi connectivity index (χ4v) is 15.3. The number of aliphatic hydroxyl groups excluding tert-OH is 1. The zero-order valence-corrected chi connectivity index (χ0v) is 72.2. The quantitative estimate of drug-likeness (QED) is 0.0222. The Balaban J connectivity index is 5.24. The molecule has 0 bridgehead atoms. The van der Waals surface area contributed by atoms with Crippen LogP contribution in [0, 0.1) is 11.8 Å². The second-order valence-corrected chi connectivity index (χ2v) is 35.3. The van der Waals surface area contributed by atoms with Crippen molar-refractivity contribution >= 4 is 39.5 Å². The highest BCUT2D eigenvalue weighted by molar-refractivity contribution is 7.47. The number of carbonyl (C=O) groups is 4. The van der Waals surface area contributed by atoms with E-state index in [1.807, 2.05) is 0 Å². The predicted molar refractivity (Wildman–Crippen MR) is 442 cm³/mol. The summed E-state index contributed by atoms with van der Waals surface area (Å²) < 4.78 is 69.0. The molecule has 0 aliphatic rings. The first kappa shape index (κ1) is 105. The van der Waals surface area contributed by atoms with Crippen molar-refractivity contribution in [2.24, 2.45) is 11.8 Å². The summed E-state index contributed by atoms with van der Waals surface area (Å²) in [4.78, 5) is 73.3. The summed E-state index contributed by atoms with van der Waals surface area (Å²) in [7, 11) is -9.93. The zero-order chi connectivity index (χ0) is 78.5. The van der Waals surface area contributed by atoms with Gasteiger partial charge < -0.3 is 33.8 Å². The van der Waals surface area contributed by atoms with Crippen molar-refractivity contribution in [3.63, 3.8) is 0 Å². The molecule has 0 saturated carbocycles. The third-order valence-corrected chi connectivity index (χ3v) is 23.0. The summed E-state index contributed by atoms with van der Waals surface area (Å²) in [5, 5.41) is 10.7. The minimum Gasteiger partial charge on any atom is -0.462 e. The first-order chi connectivity index (χ1) is 51.9. The van der Waals surface area contributed by atoms with Gasteiger partial charge in [0.05, 0.1) is 26.4 Å². The summed E-state index contributed by atoms with van der Waals surface area (Å²) >= 11 is 0. The summed E-state index contributed by atoms with van der Waals surface area (Å²) in [6.45, 7) is 9.71. The van der Waals surface area contributed by atoms with Gasteiger partial charge in [0.15, 0.2) is 12.2 Å². The van der Waals surface area contributed by atoms with Gasteiger partial charge in [-0.2, -0.15) is 0 Å². The molecule has 0 saturated heterocycles. The first-order valence-corrected chi connectivity index (χ1v) is 48.5. The van der Waals surface area contributed by atoms with Crippen LogP contribution in [0.3, 0.4) is 0 Å². The third-order valence-electron chi connectivity index (χ3n) is 21.1. The van der Waals surface area contributed by atoms with Crippen LogP contribution in [0.25, 0.3) is 0 Å². The maximum atomic E-state index is 13.2. The number of phosphoric ester groups is 2.